The van der Waals surface area contributed by atoms with Gasteiger partial charge in [-0.2, -0.15) is 0 Å². The molecule has 0 bridgehead atoms. The van der Waals surface area contributed by atoms with Crippen LogP contribution in [0, 0.1) is 11.8 Å². The molecular formula is C36H54Cl2N4O4. The maximum absolute atomic E-state index is 12.2. The number of likely N-dealkylation sites (tertiary alicyclic amines) is 2. The van der Waals surface area contributed by atoms with Gasteiger partial charge in [-0.1, -0.05) is 37.0 Å². The molecule has 2 aliphatic heterocycles. The smallest absolute Gasteiger partial charge is 0.410 e. The van der Waals surface area contributed by atoms with Gasteiger partial charge >= 0.3 is 12.2 Å². The SMILES string of the molecule is C[C@@H]1CN(C(=O)OC(C)(C)C)CC[C@@H]1N(C)c1ccc(Cl)cc1.C[C@H]1CN(C(=O)OC(C)(C)C)CC[C@H]1N(C)c1ccc(Cl)cc1. The molecule has 4 atom stereocenters. The fourth-order valence-electron chi connectivity index (χ4n) is 6.14. The summed E-state index contributed by atoms with van der Waals surface area (Å²) in [5, 5.41) is 1.49. The Bertz CT molecular complexity index is 1180. The second kappa shape index (κ2) is 15.8. The van der Waals surface area contributed by atoms with E-state index in [0.29, 0.717) is 23.9 Å². The topological polar surface area (TPSA) is 65.6 Å². The number of piperidine rings is 2. The van der Waals surface area contributed by atoms with Crippen molar-refractivity contribution in [3.05, 3.63) is 58.6 Å². The van der Waals surface area contributed by atoms with Crippen LogP contribution in [0.3, 0.4) is 0 Å². The van der Waals surface area contributed by atoms with Crippen molar-refractivity contribution in [1.82, 2.24) is 9.80 Å². The summed E-state index contributed by atoms with van der Waals surface area (Å²) >= 11 is 11.9. The standard InChI is InChI=1S/2C18H27ClN2O2/c2*1-13-12-21(17(22)23-18(2,3)4)11-10-16(13)20(5)15-8-6-14(19)7-9-15/h2*6-9,13,16H,10-12H2,1-5H3/t2*13-,16+/m10/s1. The summed E-state index contributed by atoms with van der Waals surface area (Å²) in [4.78, 5) is 32.7. The van der Waals surface area contributed by atoms with E-state index in [2.05, 4.69) is 37.7 Å². The number of carbonyl (C=O) groups is 2. The summed E-state index contributed by atoms with van der Waals surface area (Å²) in [5.74, 6) is 0.744. The van der Waals surface area contributed by atoms with Crippen molar-refractivity contribution in [2.24, 2.45) is 11.8 Å². The van der Waals surface area contributed by atoms with Gasteiger partial charge in [0.05, 0.1) is 0 Å². The third-order valence-electron chi connectivity index (χ3n) is 8.49. The molecule has 0 saturated carbocycles. The molecular weight excluding hydrogens is 623 g/mol. The molecule has 0 spiro atoms. The van der Waals surface area contributed by atoms with E-state index >= 15 is 0 Å². The van der Waals surface area contributed by atoms with E-state index in [1.807, 2.05) is 99.9 Å². The van der Waals surface area contributed by atoms with Crippen LogP contribution in [-0.2, 0) is 9.47 Å². The van der Waals surface area contributed by atoms with Crippen LogP contribution < -0.4 is 9.80 Å². The third-order valence-corrected chi connectivity index (χ3v) is 8.99. The van der Waals surface area contributed by atoms with Crippen molar-refractivity contribution in [2.75, 3.05) is 50.1 Å². The first-order chi connectivity index (χ1) is 21.3. The van der Waals surface area contributed by atoms with Crippen LogP contribution in [0.15, 0.2) is 48.5 Å². The predicted molar refractivity (Wildman–Crippen MR) is 190 cm³/mol. The van der Waals surface area contributed by atoms with Gasteiger partial charge in [0.1, 0.15) is 11.2 Å². The number of hydrogen-bond donors (Lipinski definition) is 0. The van der Waals surface area contributed by atoms with Crippen LogP contribution in [0.5, 0.6) is 0 Å². The second-order valence-electron chi connectivity index (χ2n) is 14.7. The highest BCUT2D eigenvalue weighted by Crippen LogP contribution is 2.29. The lowest BCUT2D eigenvalue weighted by Crippen LogP contribution is -2.51. The lowest BCUT2D eigenvalue weighted by Gasteiger charge is -2.42. The van der Waals surface area contributed by atoms with Crippen LogP contribution in [-0.4, -0.2) is 85.5 Å². The molecule has 0 unspecified atom stereocenters. The number of anilines is 2. The predicted octanol–water partition coefficient (Wildman–Crippen LogP) is 8.84. The second-order valence-corrected chi connectivity index (χ2v) is 15.6. The highest BCUT2D eigenvalue weighted by molar-refractivity contribution is 6.30. The Hall–Kier alpha value is -2.84. The highest BCUT2D eigenvalue weighted by atomic mass is 35.5. The normalized spacial score (nSPS) is 21.9. The van der Waals surface area contributed by atoms with Crippen molar-refractivity contribution in [3.63, 3.8) is 0 Å². The van der Waals surface area contributed by atoms with Gasteiger partial charge in [-0.05, 0) is 115 Å². The minimum absolute atomic E-state index is 0.211. The monoisotopic (exact) mass is 676 g/mol. The summed E-state index contributed by atoms with van der Waals surface area (Å²) in [7, 11) is 4.21. The maximum Gasteiger partial charge on any atom is 0.410 e. The molecule has 10 heteroatoms. The van der Waals surface area contributed by atoms with E-state index in [-0.39, 0.29) is 12.2 Å². The fraction of sp³-hybridized carbons (Fsp3) is 0.611. The molecule has 46 heavy (non-hydrogen) atoms. The molecule has 0 aromatic heterocycles. The molecule has 0 N–H and O–H groups in total. The largest absolute Gasteiger partial charge is 0.444 e. The van der Waals surface area contributed by atoms with E-state index in [1.165, 1.54) is 0 Å². The minimum atomic E-state index is -0.447. The average molecular weight is 678 g/mol. The number of carbonyl (C=O) groups excluding carboxylic acids is 2. The zero-order valence-electron chi connectivity index (χ0n) is 29.3. The van der Waals surface area contributed by atoms with Gasteiger partial charge in [0.25, 0.3) is 0 Å². The molecule has 2 aromatic carbocycles. The molecule has 0 radical (unpaired) electrons. The molecule has 4 rings (SSSR count). The first kappa shape index (κ1) is 37.6. The van der Waals surface area contributed by atoms with Gasteiger partial charge in [-0.25, -0.2) is 9.59 Å². The number of nitrogens with zero attached hydrogens (tertiary/aromatic N) is 4. The summed E-state index contributed by atoms with van der Waals surface area (Å²) in [5.41, 5.74) is 1.41. The molecule has 2 amide bonds. The third kappa shape index (κ3) is 11.2. The maximum atomic E-state index is 12.2. The summed E-state index contributed by atoms with van der Waals surface area (Å²) < 4.78 is 11.0. The number of benzene rings is 2. The quantitative estimate of drug-likeness (QED) is 0.322. The van der Waals surface area contributed by atoms with E-state index in [0.717, 1.165) is 60.4 Å². The number of halogens is 2. The van der Waals surface area contributed by atoms with Crippen LogP contribution >= 0.6 is 23.2 Å². The molecule has 2 saturated heterocycles. The fourth-order valence-corrected chi connectivity index (χ4v) is 6.39. The number of ether oxygens (including phenoxy) is 2. The molecule has 2 aromatic rings. The molecule has 256 valence electrons. The van der Waals surface area contributed by atoms with E-state index < -0.39 is 11.2 Å². The lowest BCUT2D eigenvalue weighted by molar-refractivity contribution is 0.0147. The summed E-state index contributed by atoms with van der Waals surface area (Å²) in [6.07, 6.45) is 1.44. The van der Waals surface area contributed by atoms with Crippen LogP contribution in [0.2, 0.25) is 10.0 Å². The molecule has 2 aliphatic rings. The van der Waals surface area contributed by atoms with Gasteiger partial charge < -0.3 is 29.1 Å². The zero-order chi connectivity index (χ0) is 34.4. The Labute approximate surface area is 286 Å². The summed E-state index contributed by atoms with van der Waals surface area (Å²) in [6, 6.07) is 16.6. The lowest BCUT2D eigenvalue weighted by atomic mass is 9.92. The Morgan fingerprint density at radius 2 is 0.957 bits per heavy atom. The van der Waals surface area contributed by atoms with E-state index in [4.69, 9.17) is 32.7 Å². The Morgan fingerprint density at radius 1 is 0.652 bits per heavy atom. The van der Waals surface area contributed by atoms with E-state index in [1.54, 1.807) is 0 Å². The molecule has 0 aliphatic carbocycles. The Balaban J connectivity index is 0.000000250. The minimum Gasteiger partial charge on any atom is -0.444 e. The number of hydrogen-bond acceptors (Lipinski definition) is 6. The van der Waals surface area contributed by atoms with Crippen molar-refractivity contribution < 1.29 is 19.1 Å². The van der Waals surface area contributed by atoms with E-state index in [9.17, 15) is 9.59 Å². The van der Waals surface area contributed by atoms with Crippen LogP contribution in [0.4, 0.5) is 21.0 Å². The Morgan fingerprint density at radius 3 is 1.22 bits per heavy atom. The molecule has 8 nitrogen and oxygen atoms in total. The van der Waals surface area contributed by atoms with Crippen molar-refractivity contribution in [3.8, 4) is 0 Å². The Kier molecular flexibility index (Phi) is 12.9. The van der Waals surface area contributed by atoms with Crippen LogP contribution in [0.1, 0.15) is 68.2 Å². The van der Waals surface area contributed by atoms with Crippen molar-refractivity contribution in [2.45, 2.75) is 91.5 Å². The average Bonchev–Trinajstić information content (AvgIpc) is 2.96. The zero-order valence-corrected chi connectivity index (χ0v) is 30.9. The van der Waals surface area contributed by atoms with Gasteiger partial charge in [0, 0.05) is 73.8 Å². The van der Waals surface area contributed by atoms with Gasteiger partial charge in [0.15, 0.2) is 0 Å². The highest BCUT2D eigenvalue weighted by Gasteiger charge is 2.34. The van der Waals surface area contributed by atoms with Crippen molar-refractivity contribution in [1.29, 1.82) is 0 Å². The first-order valence-corrected chi connectivity index (χ1v) is 17.0. The number of amides is 2. The van der Waals surface area contributed by atoms with Crippen LogP contribution in [0.25, 0.3) is 0 Å². The molecule has 2 heterocycles. The number of rotatable bonds is 4. The molecule has 2 fully saturated rings. The van der Waals surface area contributed by atoms with Gasteiger partial charge in [0.2, 0.25) is 0 Å². The summed E-state index contributed by atoms with van der Waals surface area (Å²) in [6.45, 7) is 18.7. The van der Waals surface area contributed by atoms with Gasteiger partial charge in [-0.3, -0.25) is 0 Å². The van der Waals surface area contributed by atoms with Gasteiger partial charge in [-0.15, -0.1) is 0 Å². The van der Waals surface area contributed by atoms with Crippen molar-refractivity contribution >= 4 is 46.8 Å². The first-order valence-electron chi connectivity index (χ1n) is 16.3.